The van der Waals surface area contributed by atoms with Crippen molar-refractivity contribution in [2.45, 2.75) is 18.9 Å². The van der Waals surface area contributed by atoms with Gasteiger partial charge in [0.05, 0.1) is 23.9 Å². The minimum absolute atomic E-state index is 0.273. The van der Waals surface area contributed by atoms with Crippen LogP contribution in [0.3, 0.4) is 0 Å². The standard InChI is InChI=1S/C28H30F2N6O/c1-37-27-17-21(6-8-26(27)36-13-9-22(10-14-36)35-15-11-31-12-16-35)34-28-32-18-20(19-33-28)5-7-23-24(29)3-2-4-25(23)30/h2-4,6,8,17-19,22,31H,9-16H2,1H3,(H,32,33,34). The molecule has 0 bridgehead atoms. The molecule has 0 amide bonds. The van der Waals surface area contributed by atoms with Crippen molar-refractivity contribution in [1.82, 2.24) is 20.2 Å². The molecule has 2 fully saturated rings. The fourth-order valence-corrected chi connectivity index (χ4v) is 4.87. The van der Waals surface area contributed by atoms with E-state index in [4.69, 9.17) is 4.74 Å². The van der Waals surface area contributed by atoms with Gasteiger partial charge in [0.15, 0.2) is 0 Å². The van der Waals surface area contributed by atoms with Crippen LogP contribution in [0.5, 0.6) is 5.75 Å². The van der Waals surface area contributed by atoms with Crippen LogP contribution in [0.15, 0.2) is 48.8 Å². The van der Waals surface area contributed by atoms with Gasteiger partial charge in [0.2, 0.25) is 5.95 Å². The summed E-state index contributed by atoms with van der Waals surface area (Å²) >= 11 is 0. The van der Waals surface area contributed by atoms with Gasteiger partial charge in [-0.15, -0.1) is 0 Å². The average Bonchev–Trinajstić information content (AvgIpc) is 2.94. The first-order chi connectivity index (χ1) is 18.1. The van der Waals surface area contributed by atoms with Gasteiger partial charge < -0.3 is 20.3 Å². The fraction of sp³-hybridized carbons (Fsp3) is 0.357. The Bertz CT molecular complexity index is 1260. The van der Waals surface area contributed by atoms with Gasteiger partial charge in [-0.3, -0.25) is 4.90 Å². The van der Waals surface area contributed by atoms with E-state index in [1.807, 2.05) is 12.1 Å². The molecule has 0 radical (unpaired) electrons. The quantitative estimate of drug-likeness (QED) is 0.513. The van der Waals surface area contributed by atoms with Crippen LogP contribution in [0.4, 0.5) is 26.1 Å². The second-order valence-corrected chi connectivity index (χ2v) is 9.16. The summed E-state index contributed by atoms with van der Waals surface area (Å²) in [6, 6.07) is 10.3. The lowest BCUT2D eigenvalue weighted by atomic mass is 10.0. The number of rotatable bonds is 5. The van der Waals surface area contributed by atoms with E-state index >= 15 is 0 Å². The molecular weight excluding hydrogens is 474 g/mol. The summed E-state index contributed by atoms with van der Waals surface area (Å²) < 4.78 is 33.2. The Balaban J connectivity index is 1.22. The van der Waals surface area contributed by atoms with Gasteiger partial charge in [0.1, 0.15) is 17.4 Å². The Morgan fingerprint density at radius 3 is 2.35 bits per heavy atom. The van der Waals surface area contributed by atoms with Crippen LogP contribution in [0, 0.1) is 23.5 Å². The topological polar surface area (TPSA) is 65.5 Å². The van der Waals surface area contributed by atoms with Gasteiger partial charge in [-0.2, -0.15) is 0 Å². The highest BCUT2D eigenvalue weighted by Crippen LogP contribution is 2.34. The molecule has 0 atom stereocenters. The smallest absolute Gasteiger partial charge is 0.227 e. The molecule has 0 saturated carbocycles. The van der Waals surface area contributed by atoms with Crippen molar-refractivity contribution in [2.24, 2.45) is 0 Å². The lowest BCUT2D eigenvalue weighted by Gasteiger charge is -2.41. The zero-order valence-corrected chi connectivity index (χ0v) is 20.8. The molecule has 0 spiro atoms. The summed E-state index contributed by atoms with van der Waals surface area (Å²) in [6.45, 7) is 6.43. The Morgan fingerprint density at radius 1 is 0.973 bits per heavy atom. The minimum atomic E-state index is -0.701. The maximum atomic E-state index is 13.8. The van der Waals surface area contributed by atoms with Crippen LogP contribution in [0.1, 0.15) is 24.0 Å². The number of hydrogen-bond donors (Lipinski definition) is 2. The lowest BCUT2D eigenvalue weighted by Crippen LogP contribution is -2.52. The molecule has 2 aromatic carbocycles. The predicted octanol–water partition coefficient (Wildman–Crippen LogP) is 3.78. The SMILES string of the molecule is COc1cc(Nc2ncc(C#Cc3c(F)cccc3F)cn2)ccc1N1CCC(N2CCNCC2)CC1. The number of hydrogen-bond acceptors (Lipinski definition) is 7. The first-order valence-corrected chi connectivity index (χ1v) is 12.5. The van der Waals surface area contributed by atoms with Crippen molar-refractivity contribution in [2.75, 3.05) is 56.6 Å². The average molecular weight is 505 g/mol. The second-order valence-electron chi connectivity index (χ2n) is 9.16. The predicted molar refractivity (Wildman–Crippen MR) is 140 cm³/mol. The maximum Gasteiger partial charge on any atom is 0.227 e. The summed E-state index contributed by atoms with van der Waals surface area (Å²) in [5.41, 5.74) is 2.05. The highest BCUT2D eigenvalue weighted by molar-refractivity contribution is 5.67. The molecule has 0 aliphatic carbocycles. The van der Waals surface area contributed by atoms with E-state index in [1.54, 1.807) is 7.11 Å². The third-order valence-electron chi connectivity index (χ3n) is 6.86. The summed E-state index contributed by atoms with van der Waals surface area (Å²) in [6.07, 6.45) is 5.32. The zero-order chi connectivity index (χ0) is 25.6. The minimum Gasteiger partial charge on any atom is -0.495 e. The first-order valence-electron chi connectivity index (χ1n) is 12.5. The third-order valence-corrected chi connectivity index (χ3v) is 6.86. The van der Waals surface area contributed by atoms with Crippen LogP contribution in [0.25, 0.3) is 0 Å². The number of nitrogens with zero attached hydrogens (tertiary/aromatic N) is 4. The largest absolute Gasteiger partial charge is 0.495 e. The van der Waals surface area contributed by atoms with Gasteiger partial charge in [-0.25, -0.2) is 18.7 Å². The maximum absolute atomic E-state index is 13.8. The number of anilines is 3. The van der Waals surface area contributed by atoms with Gasteiger partial charge in [-0.1, -0.05) is 17.9 Å². The van der Waals surface area contributed by atoms with Gasteiger partial charge >= 0.3 is 0 Å². The van der Waals surface area contributed by atoms with Crippen LogP contribution in [-0.4, -0.2) is 67.3 Å². The molecule has 3 heterocycles. The fourth-order valence-electron chi connectivity index (χ4n) is 4.87. The number of piperidine rings is 1. The molecule has 192 valence electrons. The molecule has 7 nitrogen and oxygen atoms in total. The van der Waals surface area contributed by atoms with Crippen molar-refractivity contribution in [3.63, 3.8) is 0 Å². The third kappa shape index (κ3) is 5.98. The lowest BCUT2D eigenvalue weighted by molar-refractivity contribution is 0.150. The molecule has 2 N–H and O–H groups in total. The van der Waals surface area contributed by atoms with E-state index < -0.39 is 11.6 Å². The molecule has 9 heteroatoms. The van der Waals surface area contributed by atoms with Crippen LogP contribution in [-0.2, 0) is 0 Å². The van der Waals surface area contributed by atoms with Crippen molar-refractivity contribution in [3.05, 3.63) is 71.6 Å². The van der Waals surface area contributed by atoms with E-state index in [1.165, 1.54) is 30.6 Å². The molecule has 5 rings (SSSR count). The van der Waals surface area contributed by atoms with Crippen LogP contribution < -0.4 is 20.3 Å². The molecule has 2 aliphatic rings. The summed E-state index contributed by atoms with van der Waals surface area (Å²) in [5, 5.41) is 6.61. The summed E-state index contributed by atoms with van der Waals surface area (Å²) in [7, 11) is 1.68. The van der Waals surface area contributed by atoms with E-state index in [0.717, 1.165) is 69.2 Å². The monoisotopic (exact) mass is 504 g/mol. The number of methoxy groups -OCH3 is 1. The highest BCUT2D eigenvalue weighted by Gasteiger charge is 2.26. The van der Waals surface area contributed by atoms with Crippen molar-refractivity contribution in [3.8, 4) is 17.6 Å². The normalized spacial score (nSPS) is 16.7. The van der Waals surface area contributed by atoms with Gasteiger partial charge in [0.25, 0.3) is 0 Å². The molecular formula is C28H30F2N6O. The molecule has 3 aromatic rings. The van der Waals surface area contributed by atoms with E-state index in [-0.39, 0.29) is 5.56 Å². The van der Waals surface area contributed by atoms with Crippen LogP contribution >= 0.6 is 0 Å². The van der Waals surface area contributed by atoms with E-state index in [2.05, 4.69) is 48.3 Å². The number of benzene rings is 2. The molecule has 2 aliphatic heterocycles. The number of piperazine rings is 1. The number of nitrogens with one attached hydrogen (secondary N) is 2. The molecule has 1 aromatic heterocycles. The zero-order valence-electron chi connectivity index (χ0n) is 20.8. The summed E-state index contributed by atoms with van der Waals surface area (Å²) in [5.74, 6) is 4.99. The van der Waals surface area contributed by atoms with E-state index in [0.29, 0.717) is 17.6 Å². The van der Waals surface area contributed by atoms with Crippen LogP contribution in [0.2, 0.25) is 0 Å². The Hall–Kier alpha value is -3.74. The Kier molecular flexibility index (Phi) is 7.78. The molecule has 2 saturated heterocycles. The molecule has 37 heavy (non-hydrogen) atoms. The second kappa shape index (κ2) is 11.5. The van der Waals surface area contributed by atoms with Gasteiger partial charge in [0, 0.05) is 69.5 Å². The number of ether oxygens (including phenoxy) is 1. The molecule has 0 unspecified atom stereocenters. The number of aromatic nitrogens is 2. The number of halogens is 2. The van der Waals surface area contributed by atoms with Crippen molar-refractivity contribution in [1.29, 1.82) is 0 Å². The van der Waals surface area contributed by atoms with Crippen molar-refractivity contribution < 1.29 is 13.5 Å². The van der Waals surface area contributed by atoms with Gasteiger partial charge in [-0.05, 0) is 37.1 Å². The Morgan fingerprint density at radius 2 is 1.68 bits per heavy atom. The Labute approximate surface area is 215 Å². The van der Waals surface area contributed by atoms with E-state index in [9.17, 15) is 8.78 Å². The first kappa shape index (κ1) is 24.9. The summed E-state index contributed by atoms with van der Waals surface area (Å²) in [4.78, 5) is 13.6. The van der Waals surface area contributed by atoms with Crippen molar-refractivity contribution >= 4 is 17.3 Å². The highest BCUT2D eigenvalue weighted by atomic mass is 19.1.